The van der Waals surface area contributed by atoms with Crippen LogP contribution in [0, 0.1) is 18.6 Å². The van der Waals surface area contributed by atoms with Crippen molar-refractivity contribution in [2.45, 2.75) is 31.9 Å². The molecule has 2 atom stereocenters. The summed E-state index contributed by atoms with van der Waals surface area (Å²) in [5.41, 5.74) is -0.187. The molecule has 12 heteroatoms. The summed E-state index contributed by atoms with van der Waals surface area (Å²) in [7, 11) is 0. The van der Waals surface area contributed by atoms with Gasteiger partial charge in [0.15, 0.2) is 11.6 Å². The molecule has 0 unspecified atom stereocenters. The number of nitrogens with zero attached hydrogens (tertiary/aromatic N) is 7. The number of aliphatic hydroxyl groups is 1. The van der Waals surface area contributed by atoms with Gasteiger partial charge in [-0.1, -0.05) is 37.3 Å². The lowest BCUT2D eigenvalue weighted by molar-refractivity contribution is -0.0112. The molecule has 0 aliphatic rings. The van der Waals surface area contributed by atoms with Crippen LogP contribution in [0.25, 0.3) is 22.8 Å². The van der Waals surface area contributed by atoms with Gasteiger partial charge in [0.05, 0.1) is 6.54 Å². The molecular formula is C23H19F2N7OS2. The van der Waals surface area contributed by atoms with Crippen molar-refractivity contribution in [2.75, 3.05) is 0 Å². The van der Waals surface area contributed by atoms with E-state index in [1.807, 2.05) is 31.2 Å². The molecule has 3 heterocycles. The van der Waals surface area contributed by atoms with E-state index < -0.39 is 23.2 Å². The molecule has 5 aromatic rings. The van der Waals surface area contributed by atoms with Crippen LogP contribution in [0.4, 0.5) is 8.78 Å². The van der Waals surface area contributed by atoms with Crippen molar-refractivity contribution in [1.29, 1.82) is 0 Å². The number of hydrogen-bond acceptors (Lipinski definition) is 9. The molecule has 5 rings (SSSR count). The van der Waals surface area contributed by atoms with Crippen molar-refractivity contribution in [3.63, 3.8) is 0 Å². The van der Waals surface area contributed by atoms with Gasteiger partial charge in [0.2, 0.25) is 0 Å². The lowest BCUT2D eigenvalue weighted by Gasteiger charge is -2.33. The van der Waals surface area contributed by atoms with Crippen molar-refractivity contribution in [3.05, 3.63) is 82.3 Å². The van der Waals surface area contributed by atoms with Gasteiger partial charge in [0, 0.05) is 28.7 Å². The van der Waals surface area contributed by atoms with Gasteiger partial charge in [-0.2, -0.15) is 13.8 Å². The predicted octanol–water partition coefficient (Wildman–Crippen LogP) is 4.59. The average molecular weight is 512 g/mol. The standard InChI is InChI=1S/C23H19F2N7OS2/c1-13(23(33,10-32-12-26-11-27-32)18-8-7-17(24)9-19(18)25)22-29-21(31-35-22)16-5-3-15(4-6-16)20-28-14(2)34-30-20/h3-9,11-13,33H,10H2,1-2H3/t13-,23+/m0/s1. The molecule has 0 radical (unpaired) electrons. The van der Waals surface area contributed by atoms with E-state index in [2.05, 4.69) is 28.8 Å². The molecule has 0 amide bonds. The normalized spacial score (nSPS) is 14.1. The van der Waals surface area contributed by atoms with Crippen LogP contribution < -0.4 is 0 Å². The fourth-order valence-electron chi connectivity index (χ4n) is 3.77. The Morgan fingerprint density at radius 1 is 1.00 bits per heavy atom. The Kier molecular flexibility index (Phi) is 6.17. The number of hydrogen-bond donors (Lipinski definition) is 1. The molecule has 0 fully saturated rings. The molecule has 1 N–H and O–H groups in total. The smallest absolute Gasteiger partial charge is 0.173 e. The third-order valence-electron chi connectivity index (χ3n) is 5.72. The molecule has 35 heavy (non-hydrogen) atoms. The number of halogens is 2. The highest BCUT2D eigenvalue weighted by molar-refractivity contribution is 7.05. The number of aromatic nitrogens is 7. The predicted molar refractivity (Wildman–Crippen MR) is 128 cm³/mol. The summed E-state index contributed by atoms with van der Waals surface area (Å²) >= 11 is 2.46. The molecule has 178 valence electrons. The van der Waals surface area contributed by atoms with Gasteiger partial charge >= 0.3 is 0 Å². The number of aryl methyl sites for hydroxylation is 1. The maximum atomic E-state index is 14.8. The fourth-order valence-corrected chi connectivity index (χ4v) is 5.07. The maximum absolute atomic E-state index is 14.8. The number of rotatable bonds is 7. The van der Waals surface area contributed by atoms with E-state index in [1.165, 1.54) is 34.9 Å². The van der Waals surface area contributed by atoms with Crippen molar-refractivity contribution >= 4 is 23.1 Å². The van der Waals surface area contributed by atoms with E-state index in [0.29, 0.717) is 16.7 Å². The first-order valence-electron chi connectivity index (χ1n) is 10.6. The lowest BCUT2D eigenvalue weighted by atomic mass is 9.82. The van der Waals surface area contributed by atoms with E-state index in [0.717, 1.165) is 39.8 Å². The third kappa shape index (κ3) is 4.59. The summed E-state index contributed by atoms with van der Waals surface area (Å²) in [6.45, 7) is 3.52. The summed E-state index contributed by atoms with van der Waals surface area (Å²) < 4.78 is 38.6. The zero-order valence-electron chi connectivity index (χ0n) is 18.6. The van der Waals surface area contributed by atoms with E-state index in [1.54, 1.807) is 6.92 Å². The first-order chi connectivity index (χ1) is 16.8. The van der Waals surface area contributed by atoms with Crippen molar-refractivity contribution in [2.24, 2.45) is 0 Å². The SMILES string of the molecule is Cc1nc(-c2ccc(-c3nsc([C@H](C)[C@](O)(Cn4cncn4)c4ccc(F)cc4F)n3)cc2)ns1. The highest BCUT2D eigenvalue weighted by atomic mass is 32.1. The van der Waals surface area contributed by atoms with Gasteiger partial charge in [0.25, 0.3) is 0 Å². The monoisotopic (exact) mass is 511 g/mol. The summed E-state index contributed by atoms with van der Waals surface area (Å²) in [6.07, 6.45) is 2.74. The quantitative estimate of drug-likeness (QED) is 0.341. The van der Waals surface area contributed by atoms with Crippen LogP contribution in [0.15, 0.2) is 55.1 Å². The zero-order valence-corrected chi connectivity index (χ0v) is 20.3. The highest BCUT2D eigenvalue weighted by Crippen LogP contribution is 2.40. The molecule has 0 saturated carbocycles. The summed E-state index contributed by atoms with van der Waals surface area (Å²) in [6, 6.07) is 10.7. The Balaban J connectivity index is 1.47. The summed E-state index contributed by atoms with van der Waals surface area (Å²) in [4.78, 5) is 12.9. The molecule has 3 aromatic heterocycles. The van der Waals surface area contributed by atoms with Crippen LogP contribution in [-0.4, -0.2) is 38.6 Å². The Bertz CT molecular complexity index is 1450. The van der Waals surface area contributed by atoms with Gasteiger partial charge in [-0.3, -0.25) is 0 Å². The maximum Gasteiger partial charge on any atom is 0.173 e. The first-order valence-corrected chi connectivity index (χ1v) is 12.1. The van der Waals surface area contributed by atoms with E-state index in [4.69, 9.17) is 0 Å². The van der Waals surface area contributed by atoms with Gasteiger partial charge < -0.3 is 5.11 Å². The van der Waals surface area contributed by atoms with Gasteiger partial charge in [-0.25, -0.2) is 28.4 Å². The molecule has 0 aliphatic carbocycles. The molecule has 0 aliphatic heterocycles. The van der Waals surface area contributed by atoms with Crippen LogP contribution in [0.2, 0.25) is 0 Å². The average Bonchev–Trinajstić information content (AvgIpc) is 3.61. The van der Waals surface area contributed by atoms with Crippen LogP contribution in [-0.2, 0) is 12.1 Å². The summed E-state index contributed by atoms with van der Waals surface area (Å²) in [5.74, 6) is -1.13. The molecular weight excluding hydrogens is 492 g/mol. The molecule has 8 nitrogen and oxygen atoms in total. The zero-order chi connectivity index (χ0) is 24.6. The van der Waals surface area contributed by atoms with E-state index >= 15 is 0 Å². The second kappa shape index (κ2) is 9.29. The Morgan fingerprint density at radius 2 is 1.69 bits per heavy atom. The van der Waals surface area contributed by atoms with Crippen molar-refractivity contribution in [3.8, 4) is 22.8 Å². The van der Waals surface area contributed by atoms with Crippen molar-refractivity contribution < 1.29 is 13.9 Å². The summed E-state index contributed by atoms with van der Waals surface area (Å²) in [5, 5.41) is 17.2. The first kappa shape index (κ1) is 23.3. The van der Waals surface area contributed by atoms with Gasteiger partial charge in [-0.05, 0) is 36.1 Å². The van der Waals surface area contributed by atoms with Crippen LogP contribution in [0.5, 0.6) is 0 Å². The Labute approximate surface area is 207 Å². The second-order valence-corrected chi connectivity index (χ2v) is 9.77. The van der Waals surface area contributed by atoms with Gasteiger partial charge in [-0.15, -0.1) is 0 Å². The molecule has 0 bridgehead atoms. The van der Waals surface area contributed by atoms with Gasteiger partial charge in [0.1, 0.15) is 39.9 Å². The number of benzene rings is 2. The van der Waals surface area contributed by atoms with Crippen LogP contribution >= 0.6 is 23.1 Å². The Morgan fingerprint density at radius 3 is 2.29 bits per heavy atom. The highest BCUT2D eigenvalue weighted by Gasteiger charge is 2.41. The molecule has 0 saturated heterocycles. The Hall–Kier alpha value is -3.48. The fraction of sp³-hybridized carbons (Fsp3) is 0.217. The minimum atomic E-state index is -1.79. The van der Waals surface area contributed by atoms with E-state index in [-0.39, 0.29) is 12.1 Å². The largest absolute Gasteiger partial charge is 0.382 e. The minimum Gasteiger partial charge on any atom is -0.382 e. The minimum absolute atomic E-state index is 0.0611. The van der Waals surface area contributed by atoms with Crippen LogP contribution in [0.3, 0.4) is 0 Å². The third-order valence-corrected chi connectivity index (χ3v) is 7.24. The molecule has 2 aromatic carbocycles. The topological polar surface area (TPSA) is 102 Å². The van der Waals surface area contributed by atoms with Crippen molar-refractivity contribution in [1.82, 2.24) is 33.5 Å². The second-order valence-electron chi connectivity index (χ2n) is 8.03. The molecule has 0 spiro atoms. The van der Waals surface area contributed by atoms with Crippen LogP contribution in [0.1, 0.15) is 28.4 Å². The lowest BCUT2D eigenvalue weighted by Crippen LogP contribution is -2.38. The van der Waals surface area contributed by atoms with E-state index in [9.17, 15) is 13.9 Å².